The Kier molecular flexibility index (Phi) is 8.78. The van der Waals surface area contributed by atoms with Gasteiger partial charge in [0.05, 0.1) is 19.8 Å². The molecule has 0 spiro atoms. The van der Waals surface area contributed by atoms with Gasteiger partial charge in [0, 0.05) is 33.2 Å². The van der Waals surface area contributed by atoms with Crippen LogP contribution in [0.1, 0.15) is 0 Å². The molecule has 0 rings (SSSR count). The molecular weight excluding hydrogens is 198 g/mol. The summed E-state index contributed by atoms with van der Waals surface area (Å²) in [5.74, 6) is 3.54. The van der Waals surface area contributed by atoms with Gasteiger partial charge in [0.2, 0.25) is 0 Å². The van der Waals surface area contributed by atoms with E-state index in [9.17, 15) is 4.79 Å². The van der Waals surface area contributed by atoms with Crippen molar-refractivity contribution in [3.63, 3.8) is 0 Å². The fraction of sp³-hybridized carbons (Fsp3) is 0.700. The highest BCUT2D eigenvalue weighted by Crippen LogP contribution is 1.87. The highest BCUT2D eigenvalue weighted by Gasteiger charge is 2.01. The smallest absolute Gasteiger partial charge is 0.381 e. The van der Waals surface area contributed by atoms with E-state index in [0.717, 1.165) is 0 Å². The first kappa shape index (κ1) is 13.9. The highest BCUT2D eigenvalue weighted by atomic mass is 16.5. The second-order valence-electron chi connectivity index (χ2n) is 2.87. The Balaban J connectivity index is 3.89. The predicted molar refractivity (Wildman–Crippen MR) is 55.6 cm³/mol. The van der Waals surface area contributed by atoms with Gasteiger partial charge in [-0.05, 0) is 0 Å². The lowest BCUT2D eigenvalue weighted by atomic mass is 10.4. The number of carboxylic acid groups (broad SMARTS) is 1. The summed E-state index contributed by atoms with van der Waals surface area (Å²) in [6.45, 7) is 3.04. The average Bonchev–Trinajstić information content (AvgIpc) is 2.20. The molecule has 0 saturated carbocycles. The SMILES string of the molecule is COCCN(CC#CC(=O)O)CCOC. The minimum absolute atomic E-state index is 0.416. The number of carboxylic acids is 1. The predicted octanol–water partition coefficient (Wildman–Crippen LogP) is -0.331. The first-order chi connectivity index (χ1) is 7.20. The van der Waals surface area contributed by atoms with E-state index in [2.05, 4.69) is 11.8 Å². The number of carbonyl (C=O) groups is 1. The van der Waals surface area contributed by atoms with Gasteiger partial charge >= 0.3 is 5.97 Å². The van der Waals surface area contributed by atoms with Gasteiger partial charge in [0.15, 0.2) is 0 Å². The van der Waals surface area contributed by atoms with Crippen molar-refractivity contribution in [2.75, 3.05) is 47.1 Å². The lowest BCUT2D eigenvalue weighted by Gasteiger charge is -2.18. The third kappa shape index (κ3) is 9.22. The molecule has 0 fully saturated rings. The molecule has 0 atom stereocenters. The van der Waals surface area contributed by atoms with E-state index >= 15 is 0 Å². The monoisotopic (exact) mass is 215 g/mol. The Hall–Kier alpha value is -1.09. The lowest BCUT2D eigenvalue weighted by molar-refractivity contribution is -0.130. The van der Waals surface area contributed by atoms with Crippen LogP contribution in [0.3, 0.4) is 0 Å². The summed E-state index contributed by atoms with van der Waals surface area (Å²) in [5.41, 5.74) is 0. The molecule has 0 aromatic heterocycles. The van der Waals surface area contributed by atoms with Gasteiger partial charge in [-0.15, -0.1) is 0 Å². The third-order valence-corrected chi connectivity index (χ3v) is 1.72. The second-order valence-corrected chi connectivity index (χ2v) is 2.87. The quantitative estimate of drug-likeness (QED) is 0.589. The fourth-order valence-corrected chi connectivity index (χ4v) is 0.938. The van der Waals surface area contributed by atoms with Crippen molar-refractivity contribution in [2.24, 2.45) is 0 Å². The molecule has 0 unspecified atom stereocenters. The zero-order chi connectivity index (χ0) is 11.5. The second kappa shape index (κ2) is 9.46. The Morgan fingerprint density at radius 1 is 1.27 bits per heavy atom. The summed E-state index contributed by atoms with van der Waals surface area (Å²) in [4.78, 5) is 12.1. The van der Waals surface area contributed by atoms with Crippen LogP contribution >= 0.6 is 0 Å². The number of hydrogen-bond acceptors (Lipinski definition) is 4. The van der Waals surface area contributed by atoms with Gasteiger partial charge in [0.1, 0.15) is 0 Å². The number of nitrogens with zero attached hydrogens (tertiary/aromatic N) is 1. The largest absolute Gasteiger partial charge is 0.472 e. The first-order valence-electron chi connectivity index (χ1n) is 4.62. The van der Waals surface area contributed by atoms with Crippen LogP contribution < -0.4 is 0 Å². The van der Waals surface area contributed by atoms with Gasteiger partial charge in [-0.1, -0.05) is 5.92 Å². The summed E-state index contributed by atoms with van der Waals surface area (Å²) in [5, 5.41) is 8.34. The van der Waals surface area contributed by atoms with E-state index < -0.39 is 5.97 Å². The summed E-state index contributed by atoms with van der Waals surface area (Å²) in [6, 6.07) is 0. The van der Waals surface area contributed by atoms with Crippen LogP contribution in [0.25, 0.3) is 0 Å². The maximum atomic E-state index is 10.2. The normalized spacial score (nSPS) is 9.80. The van der Waals surface area contributed by atoms with E-state index in [4.69, 9.17) is 14.6 Å². The van der Waals surface area contributed by atoms with E-state index in [1.54, 1.807) is 14.2 Å². The number of ether oxygens (including phenoxy) is 2. The third-order valence-electron chi connectivity index (χ3n) is 1.72. The number of aliphatic carboxylic acids is 1. The summed E-state index contributed by atoms with van der Waals surface area (Å²) >= 11 is 0. The van der Waals surface area contributed by atoms with E-state index in [0.29, 0.717) is 32.8 Å². The molecule has 0 aliphatic heterocycles. The highest BCUT2D eigenvalue weighted by molar-refractivity contribution is 5.86. The van der Waals surface area contributed by atoms with Crippen molar-refractivity contribution in [1.82, 2.24) is 4.90 Å². The zero-order valence-corrected chi connectivity index (χ0v) is 9.15. The van der Waals surface area contributed by atoms with Crippen molar-refractivity contribution in [3.05, 3.63) is 0 Å². The van der Waals surface area contributed by atoms with E-state index in [1.165, 1.54) is 0 Å². The van der Waals surface area contributed by atoms with Crippen molar-refractivity contribution >= 4 is 5.97 Å². The first-order valence-corrected chi connectivity index (χ1v) is 4.62. The Morgan fingerprint density at radius 3 is 2.20 bits per heavy atom. The fourth-order valence-electron chi connectivity index (χ4n) is 0.938. The number of methoxy groups -OCH3 is 2. The van der Waals surface area contributed by atoms with Gasteiger partial charge in [-0.25, -0.2) is 4.79 Å². The van der Waals surface area contributed by atoms with Crippen molar-refractivity contribution in [1.29, 1.82) is 0 Å². The number of hydrogen-bond donors (Lipinski definition) is 1. The van der Waals surface area contributed by atoms with Crippen molar-refractivity contribution < 1.29 is 19.4 Å². The molecule has 0 heterocycles. The molecule has 86 valence electrons. The standard InChI is InChI=1S/C10H17NO4/c1-14-8-6-11(7-9-15-2)5-3-4-10(12)13/h5-9H2,1-2H3,(H,12,13). The molecular formula is C10H17NO4. The molecule has 0 bridgehead atoms. The van der Waals surface area contributed by atoms with E-state index in [-0.39, 0.29) is 0 Å². The molecule has 5 heteroatoms. The maximum Gasteiger partial charge on any atom is 0.381 e. The zero-order valence-electron chi connectivity index (χ0n) is 9.15. The van der Waals surface area contributed by atoms with Crippen LogP contribution in [-0.4, -0.2) is 63.0 Å². The molecule has 0 amide bonds. The van der Waals surface area contributed by atoms with Crippen molar-refractivity contribution in [3.8, 4) is 11.8 Å². The Morgan fingerprint density at radius 2 is 1.80 bits per heavy atom. The van der Waals surface area contributed by atoms with Gasteiger partial charge < -0.3 is 14.6 Å². The Labute approximate surface area is 90.0 Å². The van der Waals surface area contributed by atoms with Gasteiger partial charge in [-0.2, -0.15) is 0 Å². The Bertz CT molecular complexity index is 223. The molecule has 1 N–H and O–H groups in total. The van der Waals surface area contributed by atoms with Crippen molar-refractivity contribution in [2.45, 2.75) is 0 Å². The van der Waals surface area contributed by atoms with Crippen LogP contribution in [0.5, 0.6) is 0 Å². The summed E-state index contributed by atoms with van der Waals surface area (Å²) in [7, 11) is 3.24. The average molecular weight is 215 g/mol. The van der Waals surface area contributed by atoms with Gasteiger partial charge in [0.25, 0.3) is 0 Å². The van der Waals surface area contributed by atoms with E-state index in [1.807, 2.05) is 4.90 Å². The topological polar surface area (TPSA) is 59.0 Å². The van der Waals surface area contributed by atoms with Crippen LogP contribution in [0.2, 0.25) is 0 Å². The minimum Gasteiger partial charge on any atom is -0.472 e. The van der Waals surface area contributed by atoms with Crippen LogP contribution in [0.15, 0.2) is 0 Å². The molecule has 15 heavy (non-hydrogen) atoms. The summed E-state index contributed by atoms with van der Waals surface area (Å²) < 4.78 is 9.87. The summed E-state index contributed by atoms with van der Waals surface area (Å²) in [6.07, 6.45) is 0. The van der Waals surface area contributed by atoms with Crippen LogP contribution in [-0.2, 0) is 14.3 Å². The minimum atomic E-state index is -1.10. The van der Waals surface area contributed by atoms with Crippen LogP contribution in [0.4, 0.5) is 0 Å². The molecule has 0 aromatic carbocycles. The lowest BCUT2D eigenvalue weighted by Crippen LogP contribution is -2.31. The molecule has 0 aliphatic rings. The maximum absolute atomic E-state index is 10.2. The van der Waals surface area contributed by atoms with Gasteiger partial charge in [-0.3, -0.25) is 4.90 Å². The number of rotatable bonds is 7. The van der Waals surface area contributed by atoms with Crippen LogP contribution in [0, 0.1) is 11.8 Å². The molecule has 0 radical (unpaired) electrons. The molecule has 0 aliphatic carbocycles. The molecule has 0 aromatic rings. The molecule has 5 nitrogen and oxygen atoms in total. The molecule has 0 saturated heterocycles.